The zero-order valence-electron chi connectivity index (χ0n) is 23.6. The van der Waals surface area contributed by atoms with Crippen molar-refractivity contribution in [3.05, 3.63) is 107 Å². The standard InChI is InChI=1S/C34H35N5O2/c1-33(2)28-8-7-27(29(33)17-28)22-39-31(18-30(40)26-5-3-25(21-35)4-6-26)38-34(32(39)41,19-23-9-13-36-14-10-23)20-24-11-15-37-16-12-24/h3-6,9-16,18,27-29,38H,7-8,17,19-20,22H2,1-2H3. The molecule has 7 heteroatoms. The highest BCUT2D eigenvalue weighted by Gasteiger charge is 2.56. The lowest BCUT2D eigenvalue weighted by Crippen LogP contribution is -2.55. The third-order valence-electron chi connectivity index (χ3n) is 9.81. The number of allylic oxidation sites excluding steroid dienone is 1. The second-order valence-corrected chi connectivity index (χ2v) is 12.5. The SMILES string of the molecule is CC1(C)C2CCC(CN3C(=O)C(Cc4ccncc4)(Cc4ccncc4)NC3=CC(=O)c3ccc(C#N)cc3)C1C2. The normalized spacial score (nSPS) is 24.8. The van der Waals surface area contributed by atoms with Crippen molar-refractivity contribution in [2.45, 2.75) is 51.5 Å². The number of carbonyl (C=O) groups excluding carboxylic acids is 2. The van der Waals surface area contributed by atoms with Gasteiger partial charge in [-0.1, -0.05) is 13.8 Å². The van der Waals surface area contributed by atoms with Gasteiger partial charge >= 0.3 is 0 Å². The molecule has 2 bridgehead atoms. The molecule has 208 valence electrons. The summed E-state index contributed by atoms with van der Waals surface area (Å²) in [6.07, 6.45) is 13.0. The fourth-order valence-electron chi connectivity index (χ4n) is 7.36. The largest absolute Gasteiger partial charge is 0.357 e. The van der Waals surface area contributed by atoms with Crippen molar-refractivity contribution in [3.8, 4) is 6.07 Å². The van der Waals surface area contributed by atoms with Crippen LogP contribution in [0.25, 0.3) is 0 Å². The maximum atomic E-state index is 14.6. The second kappa shape index (κ2) is 10.6. The van der Waals surface area contributed by atoms with Crippen LogP contribution in [0.1, 0.15) is 60.2 Å². The molecule has 41 heavy (non-hydrogen) atoms. The topological polar surface area (TPSA) is 99.0 Å². The average molecular weight is 546 g/mol. The second-order valence-electron chi connectivity index (χ2n) is 12.5. The van der Waals surface area contributed by atoms with Crippen molar-refractivity contribution >= 4 is 11.7 Å². The molecular weight excluding hydrogens is 510 g/mol. The number of nitrogens with one attached hydrogen (secondary N) is 1. The lowest BCUT2D eigenvalue weighted by Gasteiger charge is -2.60. The Morgan fingerprint density at radius 3 is 2.15 bits per heavy atom. The predicted molar refractivity (Wildman–Crippen MR) is 155 cm³/mol. The monoisotopic (exact) mass is 545 g/mol. The van der Waals surface area contributed by atoms with Crippen molar-refractivity contribution < 1.29 is 9.59 Å². The highest BCUT2D eigenvalue weighted by molar-refractivity contribution is 6.06. The quantitative estimate of drug-likeness (QED) is 0.312. The van der Waals surface area contributed by atoms with E-state index in [1.165, 1.54) is 12.8 Å². The maximum absolute atomic E-state index is 14.6. The maximum Gasteiger partial charge on any atom is 0.254 e. The number of pyridine rings is 2. The molecule has 1 amide bonds. The third kappa shape index (κ3) is 5.04. The van der Waals surface area contributed by atoms with Crippen molar-refractivity contribution in [1.82, 2.24) is 20.2 Å². The predicted octanol–water partition coefficient (Wildman–Crippen LogP) is 5.10. The number of hydrogen-bond donors (Lipinski definition) is 1. The Labute approximate surface area is 241 Å². The first kappa shape index (κ1) is 26.9. The minimum absolute atomic E-state index is 0.00995. The molecule has 0 spiro atoms. The first-order valence-corrected chi connectivity index (χ1v) is 14.4. The minimum Gasteiger partial charge on any atom is -0.357 e. The Kier molecular flexibility index (Phi) is 6.94. The first-order chi connectivity index (χ1) is 19.8. The number of fused-ring (bicyclic) bond motifs is 2. The van der Waals surface area contributed by atoms with E-state index >= 15 is 0 Å². The molecule has 1 aromatic carbocycles. The fourth-order valence-corrected chi connectivity index (χ4v) is 7.36. The number of carbonyl (C=O) groups is 2. The van der Waals surface area contributed by atoms with Gasteiger partial charge in [-0.05, 0) is 102 Å². The Bertz CT molecular complexity index is 1460. The van der Waals surface area contributed by atoms with Gasteiger partial charge in [0.15, 0.2) is 5.78 Å². The van der Waals surface area contributed by atoms with Gasteiger partial charge in [0.1, 0.15) is 11.4 Å². The lowest BCUT2D eigenvalue weighted by molar-refractivity contribution is -0.137. The van der Waals surface area contributed by atoms with E-state index in [1.54, 1.807) is 55.1 Å². The molecule has 4 aliphatic rings. The molecule has 3 heterocycles. The molecule has 0 radical (unpaired) electrons. The van der Waals surface area contributed by atoms with Crippen molar-refractivity contribution in [3.63, 3.8) is 0 Å². The zero-order valence-corrected chi connectivity index (χ0v) is 23.6. The third-order valence-corrected chi connectivity index (χ3v) is 9.81. The number of nitrogens with zero attached hydrogens (tertiary/aromatic N) is 4. The summed E-state index contributed by atoms with van der Waals surface area (Å²) in [6.45, 7) is 5.32. The van der Waals surface area contributed by atoms with Gasteiger partial charge in [0.25, 0.3) is 5.91 Å². The Hall–Kier alpha value is -4.31. The van der Waals surface area contributed by atoms with E-state index in [0.29, 0.717) is 48.2 Å². The van der Waals surface area contributed by atoms with Crippen LogP contribution < -0.4 is 5.32 Å². The molecule has 7 nitrogen and oxygen atoms in total. The summed E-state index contributed by atoms with van der Waals surface area (Å²) in [5, 5.41) is 12.8. The Morgan fingerprint density at radius 1 is 1.00 bits per heavy atom. The smallest absolute Gasteiger partial charge is 0.254 e. The van der Waals surface area contributed by atoms with Crippen molar-refractivity contribution in [2.24, 2.45) is 23.2 Å². The number of nitriles is 1. The summed E-state index contributed by atoms with van der Waals surface area (Å²) >= 11 is 0. The van der Waals surface area contributed by atoms with Crippen LogP contribution in [0.5, 0.6) is 0 Å². The summed E-state index contributed by atoms with van der Waals surface area (Å²) in [7, 11) is 0. The summed E-state index contributed by atoms with van der Waals surface area (Å²) < 4.78 is 0. The van der Waals surface area contributed by atoms with Crippen LogP contribution in [0.3, 0.4) is 0 Å². The van der Waals surface area contributed by atoms with Gasteiger partial charge in [0.05, 0.1) is 11.6 Å². The molecule has 3 saturated carbocycles. The van der Waals surface area contributed by atoms with Crippen LogP contribution >= 0.6 is 0 Å². The molecule has 3 atom stereocenters. The van der Waals surface area contributed by atoms with E-state index in [2.05, 4.69) is 35.2 Å². The highest BCUT2D eigenvalue weighted by atomic mass is 16.2. The molecule has 1 N–H and O–H groups in total. The first-order valence-electron chi connectivity index (χ1n) is 14.4. The van der Waals surface area contributed by atoms with Gasteiger partial charge in [0, 0.05) is 55.8 Å². The summed E-state index contributed by atoms with van der Waals surface area (Å²) in [4.78, 5) is 38.3. The molecule has 4 fully saturated rings. The van der Waals surface area contributed by atoms with E-state index < -0.39 is 5.54 Å². The number of hydrogen-bond acceptors (Lipinski definition) is 6. The van der Waals surface area contributed by atoms with Crippen LogP contribution in [0.2, 0.25) is 0 Å². The van der Waals surface area contributed by atoms with Crippen molar-refractivity contribution in [1.29, 1.82) is 5.26 Å². The van der Waals surface area contributed by atoms with Gasteiger partial charge in [-0.15, -0.1) is 0 Å². The van der Waals surface area contributed by atoms with Crippen molar-refractivity contribution in [2.75, 3.05) is 6.54 Å². The van der Waals surface area contributed by atoms with E-state index in [1.807, 2.05) is 29.2 Å². The summed E-state index contributed by atoms with van der Waals surface area (Å²) in [5.41, 5.74) is 2.29. The Morgan fingerprint density at radius 2 is 1.61 bits per heavy atom. The average Bonchev–Trinajstić information content (AvgIpc) is 3.23. The van der Waals surface area contributed by atoms with E-state index in [-0.39, 0.29) is 17.1 Å². The fraction of sp³-hybridized carbons (Fsp3) is 0.382. The zero-order chi connectivity index (χ0) is 28.6. The molecule has 3 unspecified atom stereocenters. The number of amides is 1. The van der Waals surface area contributed by atoms with Gasteiger partial charge < -0.3 is 5.32 Å². The van der Waals surface area contributed by atoms with Gasteiger partial charge in [-0.25, -0.2) is 0 Å². The van der Waals surface area contributed by atoms with Gasteiger partial charge in [0.2, 0.25) is 0 Å². The Balaban J connectivity index is 1.38. The molecule has 3 aromatic rings. The van der Waals surface area contributed by atoms with Crippen LogP contribution in [0.15, 0.2) is 85.2 Å². The highest BCUT2D eigenvalue weighted by Crippen LogP contribution is 2.61. The molecule has 2 aromatic heterocycles. The molecule has 3 aliphatic carbocycles. The molecule has 1 aliphatic heterocycles. The summed E-state index contributed by atoms with van der Waals surface area (Å²) in [5.74, 6) is 2.05. The van der Waals surface area contributed by atoms with Crippen LogP contribution in [0.4, 0.5) is 0 Å². The van der Waals surface area contributed by atoms with Gasteiger partial charge in [-0.2, -0.15) is 5.26 Å². The van der Waals surface area contributed by atoms with Crippen LogP contribution in [0, 0.1) is 34.5 Å². The van der Waals surface area contributed by atoms with E-state index in [9.17, 15) is 9.59 Å². The number of ketones is 1. The van der Waals surface area contributed by atoms with Gasteiger partial charge in [-0.3, -0.25) is 24.5 Å². The lowest BCUT2D eigenvalue weighted by atomic mass is 9.45. The number of aromatic nitrogens is 2. The van der Waals surface area contributed by atoms with Crippen LogP contribution in [-0.4, -0.2) is 38.6 Å². The van der Waals surface area contributed by atoms with E-state index in [4.69, 9.17) is 5.26 Å². The van der Waals surface area contributed by atoms with E-state index in [0.717, 1.165) is 23.5 Å². The molecular formula is C34H35N5O2. The number of rotatable bonds is 8. The minimum atomic E-state index is -0.966. The summed E-state index contributed by atoms with van der Waals surface area (Å²) in [6, 6.07) is 16.5. The number of benzene rings is 1. The molecule has 7 rings (SSSR count). The van der Waals surface area contributed by atoms with Crippen LogP contribution in [-0.2, 0) is 17.6 Å². The molecule has 1 saturated heterocycles.